The molecule has 0 spiro atoms. The van der Waals surface area contributed by atoms with Crippen LogP contribution in [0.15, 0.2) is 46.9 Å². The molecule has 2 aromatic carbocycles. The lowest BCUT2D eigenvalue weighted by Crippen LogP contribution is -2.32. The largest absolute Gasteiger partial charge is 0.341 e. The number of amides is 3. The van der Waals surface area contributed by atoms with Gasteiger partial charge in [0.15, 0.2) is 0 Å². The maximum Gasteiger partial charge on any atom is 0.261 e. The van der Waals surface area contributed by atoms with Crippen LogP contribution >= 0.6 is 15.9 Å². The molecule has 0 bridgehead atoms. The molecule has 146 valence electrons. The van der Waals surface area contributed by atoms with Crippen LogP contribution in [0.3, 0.4) is 0 Å². The van der Waals surface area contributed by atoms with E-state index in [1.807, 2.05) is 12.1 Å². The lowest BCUT2D eigenvalue weighted by molar-refractivity contribution is -0.130. The molecule has 0 atom stereocenters. The summed E-state index contributed by atoms with van der Waals surface area (Å²) < 4.78 is 0.762. The summed E-state index contributed by atoms with van der Waals surface area (Å²) in [5.74, 6) is -0.582. The fraction of sp³-hybridized carbons (Fsp3) is 0.318. The van der Waals surface area contributed by atoms with Gasteiger partial charge >= 0.3 is 0 Å². The highest BCUT2D eigenvalue weighted by Crippen LogP contribution is 2.26. The number of carbonyl (C=O) groups excluding carboxylic acids is 3. The lowest BCUT2D eigenvalue weighted by atomic mass is 10.1. The fourth-order valence-corrected chi connectivity index (χ4v) is 3.65. The van der Waals surface area contributed by atoms with Gasteiger partial charge in [-0.25, -0.2) is 0 Å². The summed E-state index contributed by atoms with van der Waals surface area (Å²) in [4.78, 5) is 40.2. The molecule has 1 heterocycles. The van der Waals surface area contributed by atoms with E-state index in [0.717, 1.165) is 16.5 Å². The zero-order chi connectivity index (χ0) is 20.3. The van der Waals surface area contributed by atoms with Gasteiger partial charge in [-0.3, -0.25) is 19.3 Å². The highest BCUT2D eigenvalue weighted by Gasteiger charge is 2.35. The Balaban J connectivity index is 1.51. The number of hydrogen-bond acceptors (Lipinski definition) is 3. The molecular formula is C22H23BrN2O3. The Labute approximate surface area is 173 Å². The smallest absolute Gasteiger partial charge is 0.261 e. The SMILES string of the molecule is CCc1ccc(CN(C)C(=O)CCCN2C(=O)c3ccc(Br)cc3C2=O)cc1. The summed E-state index contributed by atoms with van der Waals surface area (Å²) in [7, 11) is 1.77. The molecule has 0 radical (unpaired) electrons. The third-order valence-electron chi connectivity index (χ3n) is 4.98. The molecule has 0 aliphatic carbocycles. The first-order valence-corrected chi connectivity index (χ1v) is 10.2. The second kappa shape index (κ2) is 8.69. The van der Waals surface area contributed by atoms with Crippen LogP contribution in [-0.2, 0) is 17.8 Å². The van der Waals surface area contributed by atoms with Crippen LogP contribution in [0.4, 0.5) is 0 Å². The van der Waals surface area contributed by atoms with Crippen LogP contribution in [0.25, 0.3) is 0 Å². The summed E-state index contributed by atoms with van der Waals surface area (Å²) in [6.07, 6.45) is 1.73. The van der Waals surface area contributed by atoms with E-state index in [1.54, 1.807) is 30.1 Å². The van der Waals surface area contributed by atoms with Gasteiger partial charge in [-0.1, -0.05) is 47.1 Å². The average Bonchev–Trinajstić information content (AvgIpc) is 2.92. The molecule has 0 saturated carbocycles. The summed E-state index contributed by atoms with van der Waals surface area (Å²) in [5, 5.41) is 0. The molecule has 3 rings (SSSR count). The topological polar surface area (TPSA) is 57.7 Å². The number of carbonyl (C=O) groups is 3. The van der Waals surface area contributed by atoms with Crippen LogP contribution in [0.5, 0.6) is 0 Å². The van der Waals surface area contributed by atoms with Crippen molar-refractivity contribution >= 4 is 33.7 Å². The van der Waals surface area contributed by atoms with Crippen molar-refractivity contribution in [1.29, 1.82) is 0 Å². The maximum atomic E-state index is 12.5. The minimum Gasteiger partial charge on any atom is -0.341 e. The molecule has 1 aliphatic rings. The van der Waals surface area contributed by atoms with Crippen molar-refractivity contribution in [1.82, 2.24) is 9.80 Å². The number of imide groups is 1. The fourth-order valence-electron chi connectivity index (χ4n) is 3.29. The van der Waals surface area contributed by atoms with E-state index in [4.69, 9.17) is 0 Å². The number of halogens is 1. The number of fused-ring (bicyclic) bond motifs is 1. The third kappa shape index (κ3) is 4.33. The number of hydrogen-bond donors (Lipinski definition) is 0. The first-order chi connectivity index (χ1) is 13.4. The van der Waals surface area contributed by atoms with Gasteiger partial charge in [-0.15, -0.1) is 0 Å². The highest BCUT2D eigenvalue weighted by molar-refractivity contribution is 9.10. The Morgan fingerprint density at radius 1 is 1.00 bits per heavy atom. The zero-order valence-electron chi connectivity index (χ0n) is 16.1. The Hall–Kier alpha value is -2.47. The predicted molar refractivity (Wildman–Crippen MR) is 111 cm³/mol. The van der Waals surface area contributed by atoms with Crippen molar-refractivity contribution in [3.8, 4) is 0 Å². The van der Waals surface area contributed by atoms with E-state index in [1.165, 1.54) is 10.5 Å². The zero-order valence-corrected chi connectivity index (χ0v) is 17.7. The molecule has 3 amide bonds. The van der Waals surface area contributed by atoms with Gasteiger partial charge in [0.1, 0.15) is 0 Å². The first kappa shape index (κ1) is 20.3. The van der Waals surface area contributed by atoms with Crippen LogP contribution in [-0.4, -0.2) is 41.1 Å². The molecular weight excluding hydrogens is 420 g/mol. The molecule has 0 fully saturated rings. The van der Waals surface area contributed by atoms with Crippen molar-refractivity contribution in [2.75, 3.05) is 13.6 Å². The van der Waals surface area contributed by atoms with E-state index in [9.17, 15) is 14.4 Å². The standard InChI is InChI=1S/C22H23BrN2O3/c1-3-15-6-8-16(9-7-15)14-24(2)20(26)5-4-12-25-21(27)18-11-10-17(23)13-19(18)22(25)28/h6-11,13H,3-5,12,14H2,1-2H3. The average molecular weight is 443 g/mol. The summed E-state index contributed by atoms with van der Waals surface area (Å²) in [5.41, 5.74) is 3.19. The van der Waals surface area contributed by atoms with Gasteiger partial charge < -0.3 is 4.90 Å². The monoisotopic (exact) mass is 442 g/mol. The highest BCUT2D eigenvalue weighted by atomic mass is 79.9. The number of benzene rings is 2. The minimum absolute atomic E-state index is 0.000999. The van der Waals surface area contributed by atoms with Gasteiger partial charge in [-0.2, -0.15) is 0 Å². The van der Waals surface area contributed by atoms with Crippen molar-refractivity contribution in [3.63, 3.8) is 0 Å². The van der Waals surface area contributed by atoms with E-state index < -0.39 is 0 Å². The van der Waals surface area contributed by atoms with Crippen molar-refractivity contribution in [3.05, 3.63) is 69.2 Å². The van der Waals surface area contributed by atoms with Crippen LogP contribution in [0, 0.1) is 0 Å². The second-order valence-corrected chi connectivity index (χ2v) is 7.89. The van der Waals surface area contributed by atoms with Crippen LogP contribution < -0.4 is 0 Å². The number of rotatable bonds is 7. The van der Waals surface area contributed by atoms with E-state index in [-0.39, 0.29) is 24.3 Å². The second-order valence-electron chi connectivity index (χ2n) is 6.98. The Morgan fingerprint density at radius 3 is 2.32 bits per heavy atom. The van der Waals surface area contributed by atoms with Gasteiger partial charge in [0.25, 0.3) is 11.8 Å². The molecule has 0 N–H and O–H groups in total. The molecule has 28 heavy (non-hydrogen) atoms. The third-order valence-corrected chi connectivity index (χ3v) is 5.48. The number of nitrogens with zero attached hydrogens (tertiary/aromatic N) is 2. The van der Waals surface area contributed by atoms with Gasteiger partial charge in [0.05, 0.1) is 11.1 Å². The van der Waals surface area contributed by atoms with Gasteiger partial charge in [-0.05, 0) is 42.2 Å². The lowest BCUT2D eigenvalue weighted by Gasteiger charge is -2.19. The molecule has 0 saturated heterocycles. The molecule has 2 aromatic rings. The van der Waals surface area contributed by atoms with Crippen molar-refractivity contribution in [2.24, 2.45) is 0 Å². The van der Waals surface area contributed by atoms with Gasteiger partial charge in [0, 0.05) is 31.0 Å². The molecule has 6 heteroatoms. The van der Waals surface area contributed by atoms with E-state index >= 15 is 0 Å². The Kier molecular flexibility index (Phi) is 6.29. The van der Waals surface area contributed by atoms with E-state index in [0.29, 0.717) is 30.5 Å². The maximum absolute atomic E-state index is 12.5. The molecule has 5 nitrogen and oxygen atoms in total. The van der Waals surface area contributed by atoms with Crippen LogP contribution in [0.1, 0.15) is 51.6 Å². The van der Waals surface area contributed by atoms with E-state index in [2.05, 4.69) is 35.0 Å². The summed E-state index contributed by atoms with van der Waals surface area (Å²) in [6.45, 7) is 2.90. The molecule has 0 aromatic heterocycles. The Bertz CT molecular complexity index is 908. The summed E-state index contributed by atoms with van der Waals surface area (Å²) >= 11 is 3.32. The van der Waals surface area contributed by atoms with Crippen molar-refractivity contribution in [2.45, 2.75) is 32.7 Å². The number of aryl methyl sites for hydroxylation is 1. The normalized spacial score (nSPS) is 13.0. The molecule has 1 aliphatic heterocycles. The summed E-state index contributed by atoms with van der Waals surface area (Å²) in [6, 6.07) is 13.3. The quantitative estimate of drug-likeness (QED) is 0.607. The van der Waals surface area contributed by atoms with Gasteiger partial charge in [0.2, 0.25) is 5.91 Å². The van der Waals surface area contributed by atoms with Crippen molar-refractivity contribution < 1.29 is 14.4 Å². The first-order valence-electron chi connectivity index (χ1n) is 9.38. The predicted octanol–water partition coefficient (Wildman–Crippen LogP) is 4.05. The minimum atomic E-state index is -0.293. The van der Waals surface area contributed by atoms with Crippen LogP contribution in [0.2, 0.25) is 0 Å². The molecule has 0 unspecified atom stereocenters. The Morgan fingerprint density at radius 2 is 1.64 bits per heavy atom.